The average molecular weight is 209 g/mol. The number of ether oxygens (including phenoxy) is 1. The number of halogens is 1. The lowest BCUT2D eigenvalue weighted by molar-refractivity contribution is 0.394. The zero-order valence-corrected chi connectivity index (χ0v) is 9.09. The van der Waals surface area contributed by atoms with Crippen LogP contribution in [0, 0.1) is 11.7 Å². The van der Waals surface area contributed by atoms with Gasteiger partial charge in [0.05, 0.1) is 7.11 Å². The number of benzene rings is 1. The quantitative estimate of drug-likeness (QED) is 0.822. The molecule has 0 bridgehead atoms. The molecule has 1 atom stereocenters. The summed E-state index contributed by atoms with van der Waals surface area (Å²) in [6.07, 6.45) is 2.43. The van der Waals surface area contributed by atoms with Crippen LogP contribution in [0.3, 0.4) is 0 Å². The number of nitrogens with one attached hydrogen (secondary N) is 1. The SMILES string of the molecule is CNC(c1cc(F)ccc1OC)C1CC1. The summed E-state index contributed by atoms with van der Waals surface area (Å²) >= 11 is 0. The smallest absolute Gasteiger partial charge is 0.123 e. The topological polar surface area (TPSA) is 21.3 Å². The first-order valence-corrected chi connectivity index (χ1v) is 5.27. The molecule has 1 saturated carbocycles. The molecule has 2 rings (SSSR count). The molecule has 1 aromatic carbocycles. The van der Waals surface area contributed by atoms with Crippen LogP contribution in [0.5, 0.6) is 5.75 Å². The minimum absolute atomic E-state index is 0.202. The van der Waals surface area contributed by atoms with E-state index >= 15 is 0 Å². The van der Waals surface area contributed by atoms with E-state index in [1.54, 1.807) is 19.2 Å². The Kier molecular flexibility index (Phi) is 2.91. The highest BCUT2D eigenvalue weighted by atomic mass is 19.1. The molecule has 0 saturated heterocycles. The molecule has 1 aliphatic rings. The van der Waals surface area contributed by atoms with E-state index in [-0.39, 0.29) is 11.9 Å². The molecular weight excluding hydrogens is 193 g/mol. The van der Waals surface area contributed by atoms with Crippen LogP contribution in [-0.2, 0) is 0 Å². The molecule has 0 heterocycles. The van der Waals surface area contributed by atoms with Crippen LogP contribution in [0.4, 0.5) is 4.39 Å². The van der Waals surface area contributed by atoms with Gasteiger partial charge in [0.2, 0.25) is 0 Å². The van der Waals surface area contributed by atoms with Crippen LogP contribution < -0.4 is 10.1 Å². The second kappa shape index (κ2) is 4.19. The molecule has 3 heteroatoms. The Labute approximate surface area is 89.4 Å². The van der Waals surface area contributed by atoms with E-state index < -0.39 is 0 Å². The summed E-state index contributed by atoms with van der Waals surface area (Å²) in [5, 5.41) is 3.24. The van der Waals surface area contributed by atoms with Gasteiger partial charge < -0.3 is 10.1 Å². The van der Waals surface area contributed by atoms with Gasteiger partial charge in [-0.2, -0.15) is 0 Å². The van der Waals surface area contributed by atoms with E-state index in [1.165, 1.54) is 18.9 Å². The lowest BCUT2D eigenvalue weighted by Crippen LogP contribution is -2.19. The minimum Gasteiger partial charge on any atom is -0.496 e. The highest BCUT2D eigenvalue weighted by Crippen LogP contribution is 2.43. The number of hydrogen-bond donors (Lipinski definition) is 1. The third kappa shape index (κ3) is 2.12. The number of hydrogen-bond acceptors (Lipinski definition) is 2. The van der Waals surface area contributed by atoms with Gasteiger partial charge in [-0.05, 0) is 44.0 Å². The van der Waals surface area contributed by atoms with Crippen LogP contribution in [0.1, 0.15) is 24.4 Å². The molecule has 0 radical (unpaired) electrons. The maximum Gasteiger partial charge on any atom is 0.123 e. The summed E-state index contributed by atoms with van der Waals surface area (Å²) in [5.74, 6) is 1.19. The Balaban J connectivity index is 2.34. The fourth-order valence-corrected chi connectivity index (χ4v) is 2.02. The summed E-state index contributed by atoms with van der Waals surface area (Å²) in [7, 11) is 3.53. The fourth-order valence-electron chi connectivity index (χ4n) is 2.02. The summed E-state index contributed by atoms with van der Waals surface area (Å²) in [6.45, 7) is 0. The van der Waals surface area contributed by atoms with Gasteiger partial charge >= 0.3 is 0 Å². The predicted molar refractivity (Wildman–Crippen MR) is 57.5 cm³/mol. The van der Waals surface area contributed by atoms with Crippen molar-refractivity contribution in [2.45, 2.75) is 18.9 Å². The van der Waals surface area contributed by atoms with Crippen molar-refractivity contribution in [1.82, 2.24) is 5.32 Å². The van der Waals surface area contributed by atoms with Gasteiger partial charge in [-0.15, -0.1) is 0 Å². The van der Waals surface area contributed by atoms with Crippen molar-refractivity contribution < 1.29 is 9.13 Å². The highest BCUT2D eigenvalue weighted by molar-refractivity contribution is 5.37. The molecule has 2 nitrogen and oxygen atoms in total. The Bertz CT molecular complexity index is 349. The van der Waals surface area contributed by atoms with Crippen molar-refractivity contribution in [2.24, 2.45) is 5.92 Å². The van der Waals surface area contributed by atoms with Gasteiger partial charge in [0.25, 0.3) is 0 Å². The largest absolute Gasteiger partial charge is 0.496 e. The molecular formula is C12H16FNO. The fraction of sp³-hybridized carbons (Fsp3) is 0.500. The molecule has 0 aliphatic heterocycles. The van der Waals surface area contributed by atoms with Crippen LogP contribution in [0.2, 0.25) is 0 Å². The summed E-state index contributed by atoms with van der Waals surface area (Å²) in [5.41, 5.74) is 0.933. The summed E-state index contributed by atoms with van der Waals surface area (Å²) in [6, 6.07) is 4.91. The van der Waals surface area contributed by atoms with Gasteiger partial charge in [-0.3, -0.25) is 0 Å². The maximum atomic E-state index is 13.2. The first-order chi connectivity index (χ1) is 7.26. The summed E-state index contributed by atoms with van der Waals surface area (Å²) in [4.78, 5) is 0. The molecule has 0 amide bonds. The van der Waals surface area contributed by atoms with E-state index in [0.29, 0.717) is 5.92 Å². The second-order valence-electron chi connectivity index (χ2n) is 3.99. The molecule has 0 spiro atoms. The van der Waals surface area contributed by atoms with Gasteiger partial charge in [0, 0.05) is 11.6 Å². The highest BCUT2D eigenvalue weighted by Gasteiger charge is 2.32. The van der Waals surface area contributed by atoms with Gasteiger partial charge in [-0.1, -0.05) is 0 Å². The van der Waals surface area contributed by atoms with Crippen LogP contribution in [-0.4, -0.2) is 14.2 Å². The van der Waals surface area contributed by atoms with Crippen molar-refractivity contribution in [3.8, 4) is 5.75 Å². The molecule has 82 valence electrons. The standard InChI is InChI=1S/C12H16FNO/c1-14-12(8-3-4-8)10-7-9(13)5-6-11(10)15-2/h5-8,12,14H,3-4H2,1-2H3. The van der Waals surface area contributed by atoms with Gasteiger partial charge in [0.1, 0.15) is 11.6 Å². The zero-order chi connectivity index (χ0) is 10.8. The van der Waals surface area contributed by atoms with E-state index in [9.17, 15) is 4.39 Å². The summed E-state index contributed by atoms with van der Waals surface area (Å²) < 4.78 is 18.4. The Morgan fingerprint density at radius 1 is 1.47 bits per heavy atom. The van der Waals surface area contributed by atoms with E-state index in [0.717, 1.165) is 11.3 Å². The van der Waals surface area contributed by atoms with Crippen LogP contribution in [0.15, 0.2) is 18.2 Å². The molecule has 15 heavy (non-hydrogen) atoms. The lowest BCUT2D eigenvalue weighted by Gasteiger charge is -2.18. The average Bonchev–Trinajstić information content (AvgIpc) is 3.04. The maximum absolute atomic E-state index is 13.2. The molecule has 0 aromatic heterocycles. The van der Waals surface area contributed by atoms with Crippen LogP contribution >= 0.6 is 0 Å². The second-order valence-corrected chi connectivity index (χ2v) is 3.99. The van der Waals surface area contributed by atoms with Crippen molar-refractivity contribution in [1.29, 1.82) is 0 Å². The first-order valence-electron chi connectivity index (χ1n) is 5.27. The number of rotatable bonds is 4. The van der Waals surface area contributed by atoms with E-state index in [2.05, 4.69) is 5.32 Å². The van der Waals surface area contributed by atoms with Crippen molar-refractivity contribution in [3.05, 3.63) is 29.6 Å². The monoisotopic (exact) mass is 209 g/mol. The Morgan fingerprint density at radius 3 is 2.73 bits per heavy atom. The predicted octanol–water partition coefficient (Wildman–Crippen LogP) is 2.50. The van der Waals surface area contributed by atoms with Crippen molar-refractivity contribution in [2.75, 3.05) is 14.2 Å². The normalized spacial score (nSPS) is 17.5. The van der Waals surface area contributed by atoms with Crippen LogP contribution in [0.25, 0.3) is 0 Å². The number of methoxy groups -OCH3 is 1. The zero-order valence-electron chi connectivity index (χ0n) is 9.09. The molecule has 1 N–H and O–H groups in total. The third-order valence-corrected chi connectivity index (χ3v) is 2.93. The van der Waals surface area contributed by atoms with Crippen molar-refractivity contribution >= 4 is 0 Å². The lowest BCUT2D eigenvalue weighted by atomic mass is 10.0. The van der Waals surface area contributed by atoms with Crippen molar-refractivity contribution in [3.63, 3.8) is 0 Å². The molecule has 1 aromatic rings. The Morgan fingerprint density at radius 2 is 2.20 bits per heavy atom. The first kappa shape index (κ1) is 10.4. The third-order valence-electron chi connectivity index (χ3n) is 2.93. The molecule has 1 unspecified atom stereocenters. The Hall–Kier alpha value is -1.09. The molecule has 1 aliphatic carbocycles. The van der Waals surface area contributed by atoms with E-state index in [1.807, 2.05) is 7.05 Å². The van der Waals surface area contributed by atoms with E-state index in [4.69, 9.17) is 4.74 Å². The van der Waals surface area contributed by atoms with Gasteiger partial charge in [0.15, 0.2) is 0 Å². The molecule has 1 fully saturated rings. The van der Waals surface area contributed by atoms with Gasteiger partial charge in [-0.25, -0.2) is 4.39 Å². The minimum atomic E-state index is -0.202.